The summed E-state index contributed by atoms with van der Waals surface area (Å²) in [5.74, 6) is 1.28. The van der Waals surface area contributed by atoms with Crippen LogP contribution in [-0.4, -0.2) is 5.78 Å². The van der Waals surface area contributed by atoms with Crippen molar-refractivity contribution in [3.05, 3.63) is 0 Å². The summed E-state index contributed by atoms with van der Waals surface area (Å²) in [6, 6.07) is 0. The molecule has 1 nitrogen and oxygen atoms in total. The van der Waals surface area contributed by atoms with Gasteiger partial charge in [0.05, 0.1) is 0 Å². The van der Waals surface area contributed by atoms with E-state index in [1.54, 1.807) is 0 Å². The van der Waals surface area contributed by atoms with E-state index in [0.29, 0.717) is 11.2 Å². The molecule has 0 heterocycles. The smallest absolute Gasteiger partial charge is 0.133 e. The molecule has 44 valence electrons. The molecule has 0 saturated heterocycles. The zero-order valence-corrected chi connectivity index (χ0v) is 5.11. The molecule has 2 fully saturated rings. The molecule has 0 aromatic rings. The topological polar surface area (TPSA) is 17.1 Å². The number of carbonyl (C=O) groups excluding carboxylic acids is 1. The van der Waals surface area contributed by atoms with E-state index in [2.05, 4.69) is 6.92 Å². The lowest BCUT2D eigenvalue weighted by Crippen LogP contribution is -1.95. The van der Waals surface area contributed by atoms with Gasteiger partial charge in [-0.15, -0.1) is 0 Å². The fourth-order valence-electron chi connectivity index (χ4n) is 1.84. The maximum Gasteiger partial charge on any atom is 0.133 e. The van der Waals surface area contributed by atoms with Gasteiger partial charge in [0.15, 0.2) is 0 Å². The average Bonchev–Trinajstić information content (AvgIpc) is 2.07. The molecule has 8 heavy (non-hydrogen) atoms. The second kappa shape index (κ2) is 0.996. The second-order valence-corrected chi connectivity index (χ2v) is 3.47. The fourth-order valence-corrected chi connectivity index (χ4v) is 1.84. The van der Waals surface area contributed by atoms with Crippen molar-refractivity contribution in [1.82, 2.24) is 0 Å². The number of carbonyl (C=O) groups is 1. The van der Waals surface area contributed by atoms with Crippen molar-refractivity contribution in [3.63, 3.8) is 0 Å². The standard InChI is InChI=1S/C7H10O/c1-7-3-5(7)2-6(8)4-7/h5H,2-4H2,1H3/t5-,7-/m0/s1. The molecule has 0 aromatic heterocycles. The molecule has 0 radical (unpaired) electrons. The molecule has 0 bridgehead atoms. The summed E-state index contributed by atoms with van der Waals surface area (Å²) >= 11 is 0. The average molecular weight is 110 g/mol. The minimum atomic E-state index is 0.483. The predicted octanol–water partition coefficient (Wildman–Crippen LogP) is 1.38. The van der Waals surface area contributed by atoms with Gasteiger partial charge in [-0.25, -0.2) is 0 Å². The highest BCUT2D eigenvalue weighted by atomic mass is 16.1. The third-order valence-corrected chi connectivity index (χ3v) is 2.61. The number of hydrogen-bond donors (Lipinski definition) is 0. The highest BCUT2D eigenvalue weighted by Gasteiger charge is 2.56. The predicted molar refractivity (Wildman–Crippen MR) is 30.5 cm³/mol. The summed E-state index contributed by atoms with van der Waals surface area (Å²) in [7, 11) is 0. The Kier molecular flexibility index (Phi) is 0.565. The first kappa shape index (κ1) is 4.54. The van der Waals surface area contributed by atoms with Crippen LogP contribution in [0.2, 0.25) is 0 Å². The van der Waals surface area contributed by atoms with Crippen LogP contribution in [0.5, 0.6) is 0 Å². The number of hydrogen-bond acceptors (Lipinski definition) is 1. The van der Waals surface area contributed by atoms with E-state index < -0.39 is 0 Å². The second-order valence-electron chi connectivity index (χ2n) is 3.47. The Hall–Kier alpha value is -0.330. The first-order valence-corrected chi connectivity index (χ1v) is 3.22. The van der Waals surface area contributed by atoms with Gasteiger partial charge in [-0.05, 0) is 17.8 Å². The molecule has 2 saturated carbocycles. The fraction of sp³-hybridized carbons (Fsp3) is 0.857. The third kappa shape index (κ3) is 0.396. The summed E-state index contributed by atoms with van der Waals surface area (Å²) in [6.45, 7) is 2.22. The van der Waals surface area contributed by atoms with Gasteiger partial charge in [0.2, 0.25) is 0 Å². The SMILES string of the molecule is C[C@]12CC(=O)C[C@H]1C2. The molecule has 0 aliphatic heterocycles. The summed E-state index contributed by atoms with van der Waals surface area (Å²) < 4.78 is 0. The molecule has 0 amide bonds. The lowest BCUT2D eigenvalue weighted by atomic mass is 10.1. The van der Waals surface area contributed by atoms with Crippen molar-refractivity contribution in [1.29, 1.82) is 0 Å². The molecule has 1 heteroatoms. The van der Waals surface area contributed by atoms with Gasteiger partial charge < -0.3 is 0 Å². The molecule has 0 unspecified atom stereocenters. The molecular weight excluding hydrogens is 100 g/mol. The summed E-state index contributed by atoms with van der Waals surface area (Å²) in [6.07, 6.45) is 3.08. The van der Waals surface area contributed by atoms with Gasteiger partial charge in [-0.1, -0.05) is 6.92 Å². The Morgan fingerprint density at radius 3 is 2.75 bits per heavy atom. The highest BCUT2D eigenvalue weighted by Crippen LogP contribution is 2.61. The summed E-state index contributed by atoms with van der Waals surface area (Å²) in [4.78, 5) is 10.7. The van der Waals surface area contributed by atoms with Gasteiger partial charge >= 0.3 is 0 Å². The van der Waals surface area contributed by atoms with Crippen LogP contribution >= 0.6 is 0 Å². The zero-order valence-electron chi connectivity index (χ0n) is 5.11. The van der Waals surface area contributed by atoms with Crippen molar-refractivity contribution in [3.8, 4) is 0 Å². The van der Waals surface area contributed by atoms with E-state index in [0.717, 1.165) is 18.8 Å². The van der Waals surface area contributed by atoms with Gasteiger partial charge in [-0.2, -0.15) is 0 Å². The Bertz CT molecular complexity index is 150. The summed E-state index contributed by atoms with van der Waals surface area (Å²) in [5, 5.41) is 0. The Balaban J connectivity index is 2.21. The first-order valence-electron chi connectivity index (χ1n) is 3.22. The first-order chi connectivity index (χ1) is 3.71. The number of rotatable bonds is 0. The van der Waals surface area contributed by atoms with Crippen LogP contribution < -0.4 is 0 Å². The van der Waals surface area contributed by atoms with E-state index >= 15 is 0 Å². The van der Waals surface area contributed by atoms with E-state index in [1.807, 2.05) is 0 Å². The van der Waals surface area contributed by atoms with Crippen LogP contribution in [0.1, 0.15) is 26.2 Å². The molecule has 2 aliphatic rings. The Labute approximate surface area is 49.1 Å². The zero-order chi connectivity index (χ0) is 5.78. The van der Waals surface area contributed by atoms with Crippen molar-refractivity contribution in [2.24, 2.45) is 11.3 Å². The third-order valence-electron chi connectivity index (χ3n) is 2.61. The highest BCUT2D eigenvalue weighted by molar-refractivity contribution is 5.83. The number of fused-ring (bicyclic) bond motifs is 1. The Morgan fingerprint density at radius 2 is 2.50 bits per heavy atom. The van der Waals surface area contributed by atoms with E-state index in [9.17, 15) is 4.79 Å². The molecule has 0 N–H and O–H groups in total. The lowest BCUT2D eigenvalue weighted by molar-refractivity contribution is -0.118. The van der Waals surface area contributed by atoms with E-state index in [4.69, 9.17) is 0 Å². The number of ketones is 1. The minimum absolute atomic E-state index is 0.483. The normalized spacial score (nSPS) is 51.6. The Morgan fingerprint density at radius 1 is 1.75 bits per heavy atom. The van der Waals surface area contributed by atoms with Gasteiger partial charge in [0.25, 0.3) is 0 Å². The quantitative estimate of drug-likeness (QED) is 0.460. The van der Waals surface area contributed by atoms with Crippen molar-refractivity contribution in [2.75, 3.05) is 0 Å². The van der Waals surface area contributed by atoms with Gasteiger partial charge in [0.1, 0.15) is 5.78 Å². The maximum atomic E-state index is 10.7. The molecule has 2 atom stereocenters. The van der Waals surface area contributed by atoms with Crippen LogP contribution in [0.25, 0.3) is 0 Å². The maximum absolute atomic E-state index is 10.7. The monoisotopic (exact) mass is 110 g/mol. The van der Waals surface area contributed by atoms with Crippen LogP contribution in [0.3, 0.4) is 0 Å². The molecule has 0 spiro atoms. The summed E-state index contributed by atoms with van der Waals surface area (Å²) in [5.41, 5.74) is 0.483. The molecular formula is C7H10O. The van der Waals surface area contributed by atoms with Gasteiger partial charge in [-0.3, -0.25) is 4.79 Å². The number of Topliss-reactive ketones (excluding diaryl/α,β-unsaturated/α-hetero) is 1. The van der Waals surface area contributed by atoms with Crippen LogP contribution in [0.15, 0.2) is 0 Å². The van der Waals surface area contributed by atoms with E-state index in [1.165, 1.54) is 6.42 Å². The molecule has 0 aromatic carbocycles. The van der Waals surface area contributed by atoms with Crippen LogP contribution in [0, 0.1) is 11.3 Å². The van der Waals surface area contributed by atoms with E-state index in [-0.39, 0.29) is 0 Å². The van der Waals surface area contributed by atoms with Crippen molar-refractivity contribution in [2.45, 2.75) is 26.2 Å². The minimum Gasteiger partial charge on any atom is -0.300 e. The lowest BCUT2D eigenvalue weighted by Gasteiger charge is -1.95. The van der Waals surface area contributed by atoms with Crippen LogP contribution in [-0.2, 0) is 4.79 Å². The van der Waals surface area contributed by atoms with Crippen molar-refractivity contribution >= 4 is 5.78 Å². The van der Waals surface area contributed by atoms with Gasteiger partial charge in [0, 0.05) is 12.8 Å². The largest absolute Gasteiger partial charge is 0.300 e. The molecule has 2 rings (SSSR count). The van der Waals surface area contributed by atoms with Crippen LogP contribution in [0.4, 0.5) is 0 Å². The van der Waals surface area contributed by atoms with Crippen molar-refractivity contribution < 1.29 is 4.79 Å². The molecule has 2 aliphatic carbocycles.